The number of methoxy groups -OCH3 is 2. The summed E-state index contributed by atoms with van der Waals surface area (Å²) in [7, 11) is 3.24. The smallest absolute Gasteiger partial charge is 0.254 e. The number of amides is 1. The number of carbonyl (C=O) groups excluding carboxylic acids is 1. The molecule has 0 saturated carbocycles. The number of carbonyl (C=O) groups is 1. The fraction of sp³-hybridized carbons (Fsp3) is 0.500. The predicted molar refractivity (Wildman–Crippen MR) is 134 cm³/mol. The van der Waals surface area contributed by atoms with E-state index in [-0.39, 0.29) is 25.1 Å². The molecule has 1 amide bonds. The van der Waals surface area contributed by atoms with Crippen molar-refractivity contribution in [1.29, 1.82) is 0 Å². The Morgan fingerprint density at radius 3 is 2.63 bits per heavy atom. The van der Waals surface area contributed by atoms with Crippen LogP contribution in [0.5, 0.6) is 28.7 Å². The van der Waals surface area contributed by atoms with Crippen molar-refractivity contribution in [3.63, 3.8) is 0 Å². The van der Waals surface area contributed by atoms with Crippen LogP contribution in [0, 0.1) is 5.92 Å². The average Bonchev–Trinajstić information content (AvgIpc) is 3.51. The Hall–Kier alpha value is -2.84. The van der Waals surface area contributed by atoms with E-state index in [1.807, 2.05) is 35.2 Å². The third-order valence-corrected chi connectivity index (χ3v) is 6.86. The number of nitrogens with zero attached hydrogens (tertiary/aromatic N) is 2. The zero-order valence-electron chi connectivity index (χ0n) is 20.3. The number of hydrogen-bond acceptors (Lipinski definition) is 7. The number of halogens is 1. The second kappa shape index (κ2) is 11.3. The van der Waals surface area contributed by atoms with Crippen LogP contribution < -0.4 is 23.7 Å². The van der Waals surface area contributed by atoms with Gasteiger partial charge in [-0.15, -0.1) is 12.4 Å². The number of likely N-dealkylation sites (tertiary alicyclic amines) is 1. The lowest BCUT2D eigenvalue weighted by Crippen LogP contribution is -2.41. The predicted octanol–water partition coefficient (Wildman–Crippen LogP) is 3.64. The normalized spacial score (nSPS) is 18.7. The molecule has 1 atom stereocenters. The highest BCUT2D eigenvalue weighted by molar-refractivity contribution is 5.97. The quantitative estimate of drug-likeness (QED) is 0.483. The van der Waals surface area contributed by atoms with Crippen molar-refractivity contribution in [2.75, 3.05) is 60.3 Å². The Kier molecular flexibility index (Phi) is 8.13. The first-order valence-corrected chi connectivity index (χ1v) is 11.9. The van der Waals surface area contributed by atoms with Crippen molar-refractivity contribution in [1.82, 2.24) is 9.80 Å². The number of rotatable bonds is 9. The Balaban J connectivity index is 0.00000289. The highest BCUT2D eigenvalue weighted by Crippen LogP contribution is 2.37. The minimum absolute atomic E-state index is 0. The van der Waals surface area contributed by atoms with Gasteiger partial charge in [0.05, 0.1) is 20.8 Å². The Labute approximate surface area is 212 Å². The molecule has 8 nitrogen and oxygen atoms in total. The molecule has 190 valence electrons. The van der Waals surface area contributed by atoms with Crippen LogP contribution in [-0.2, 0) is 6.42 Å². The number of hydrogen-bond donors (Lipinski definition) is 0. The molecular formula is C26H33ClN2O6. The van der Waals surface area contributed by atoms with Crippen LogP contribution in [0.15, 0.2) is 30.3 Å². The summed E-state index contributed by atoms with van der Waals surface area (Å²) in [6.45, 7) is 5.53. The van der Waals surface area contributed by atoms with Gasteiger partial charge in [0, 0.05) is 37.8 Å². The molecule has 9 heteroatoms. The van der Waals surface area contributed by atoms with Crippen LogP contribution in [0.25, 0.3) is 0 Å². The van der Waals surface area contributed by atoms with Gasteiger partial charge in [-0.05, 0) is 61.6 Å². The van der Waals surface area contributed by atoms with E-state index in [4.69, 9.17) is 23.7 Å². The van der Waals surface area contributed by atoms with Crippen molar-refractivity contribution in [3.05, 3.63) is 41.5 Å². The molecule has 1 saturated heterocycles. The van der Waals surface area contributed by atoms with Gasteiger partial charge < -0.3 is 33.5 Å². The molecule has 35 heavy (non-hydrogen) atoms. The fourth-order valence-electron chi connectivity index (χ4n) is 5.05. The summed E-state index contributed by atoms with van der Waals surface area (Å²) in [6, 6.07) is 9.42. The second-order valence-corrected chi connectivity index (χ2v) is 9.04. The van der Waals surface area contributed by atoms with Crippen LogP contribution in [0.1, 0.15) is 28.8 Å². The molecule has 5 rings (SSSR count). The fourth-order valence-corrected chi connectivity index (χ4v) is 5.05. The molecule has 0 aliphatic carbocycles. The van der Waals surface area contributed by atoms with Crippen LogP contribution in [0.4, 0.5) is 0 Å². The molecule has 0 bridgehead atoms. The molecule has 0 spiro atoms. The lowest BCUT2D eigenvalue weighted by atomic mass is 9.97. The van der Waals surface area contributed by atoms with Crippen molar-refractivity contribution in [2.24, 2.45) is 5.92 Å². The van der Waals surface area contributed by atoms with Crippen LogP contribution in [-0.4, -0.2) is 76.1 Å². The molecule has 1 fully saturated rings. The SMILES string of the molecule is COc1ccc(OCCCN2CCC(CN3CCc4cc5c(cc4C3=O)OCO5)C2)cc1OC.Cl. The first-order chi connectivity index (χ1) is 16.6. The lowest BCUT2D eigenvalue weighted by molar-refractivity contribution is 0.0712. The molecule has 0 radical (unpaired) electrons. The molecule has 2 aromatic rings. The monoisotopic (exact) mass is 504 g/mol. The van der Waals surface area contributed by atoms with E-state index in [2.05, 4.69) is 4.90 Å². The Bertz CT molecular complexity index is 1050. The molecule has 3 heterocycles. The van der Waals surface area contributed by atoms with E-state index in [1.54, 1.807) is 14.2 Å². The lowest BCUT2D eigenvalue weighted by Gasteiger charge is -2.31. The molecule has 2 aromatic carbocycles. The summed E-state index contributed by atoms with van der Waals surface area (Å²) < 4.78 is 27.4. The molecule has 3 aliphatic rings. The summed E-state index contributed by atoms with van der Waals surface area (Å²) >= 11 is 0. The van der Waals surface area contributed by atoms with E-state index in [0.29, 0.717) is 29.8 Å². The topological polar surface area (TPSA) is 69.7 Å². The minimum Gasteiger partial charge on any atom is -0.493 e. The van der Waals surface area contributed by atoms with Gasteiger partial charge in [0.2, 0.25) is 6.79 Å². The van der Waals surface area contributed by atoms with E-state index in [9.17, 15) is 4.79 Å². The summed E-state index contributed by atoms with van der Waals surface area (Å²) in [6.07, 6.45) is 2.93. The van der Waals surface area contributed by atoms with Crippen LogP contribution >= 0.6 is 12.4 Å². The first-order valence-electron chi connectivity index (χ1n) is 11.9. The largest absolute Gasteiger partial charge is 0.493 e. The third kappa shape index (κ3) is 5.54. The van der Waals surface area contributed by atoms with Crippen molar-refractivity contribution in [2.45, 2.75) is 19.3 Å². The minimum atomic E-state index is 0. The number of ether oxygens (including phenoxy) is 5. The highest BCUT2D eigenvalue weighted by Gasteiger charge is 2.31. The van der Waals surface area contributed by atoms with E-state index in [0.717, 1.165) is 74.6 Å². The summed E-state index contributed by atoms with van der Waals surface area (Å²) in [5, 5.41) is 0. The third-order valence-electron chi connectivity index (χ3n) is 6.86. The van der Waals surface area contributed by atoms with Crippen LogP contribution in [0.3, 0.4) is 0 Å². The Morgan fingerprint density at radius 1 is 1.03 bits per heavy atom. The highest BCUT2D eigenvalue weighted by atomic mass is 35.5. The second-order valence-electron chi connectivity index (χ2n) is 9.04. The maximum absolute atomic E-state index is 13.1. The van der Waals surface area contributed by atoms with Gasteiger partial charge in [-0.2, -0.15) is 0 Å². The molecule has 0 N–H and O–H groups in total. The van der Waals surface area contributed by atoms with Gasteiger partial charge in [-0.1, -0.05) is 0 Å². The summed E-state index contributed by atoms with van der Waals surface area (Å²) in [5.74, 6) is 4.19. The average molecular weight is 505 g/mol. The van der Waals surface area contributed by atoms with Gasteiger partial charge >= 0.3 is 0 Å². The number of benzene rings is 2. The zero-order valence-corrected chi connectivity index (χ0v) is 21.1. The maximum Gasteiger partial charge on any atom is 0.254 e. The van der Waals surface area contributed by atoms with Gasteiger partial charge in [-0.3, -0.25) is 4.79 Å². The standard InChI is InChI=1S/C26H32N2O6.ClH/c1-30-22-5-4-20(13-23(22)31-2)32-11-3-8-27-9-6-18(15-27)16-28-10-7-19-12-24-25(34-17-33-24)14-21(19)26(28)29;/h4-5,12-14,18H,3,6-11,15-17H2,1-2H3;1H. The molecular weight excluding hydrogens is 472 g/mol. The van der Waals surface area contributed by atoms with Gasteiger partial charge in [0.1, 0.15) is 5.75 Å². The van der Waals surface area contributed by atoms with E-state index in [1.165, 1.54) is 0 Å². The van der Waals surface area contributed by atoms with E-state index < -0.39 is 0 Å². The zero-order chi connectivity index (χ0) is 23.5. The van der Waals surface area contributed by atoms with E-state index >= 15 is 0 Å². The maximum atomic E-state index is 13.1. The van der Waals surface area contributed by atoms with Crippen LogP contribution in [0.2, 0.25) is 0 Å². The van der Waals surface area contributed by atoms with Gasteiger partial charge in [-0.25, -0.2) is 0 Å². The van der Waals surface area contributed by atoms with Crippen molar-refractivity contribution >= 4 is 18.3 Å². The summed E-state index contributed by atoms with van der Waals surface area (Å²) in [5.41, 5.74) is 1.82. The summed E-state index contributed by atoms with van der Waals surface area (Å²) in [4.78, 5) is 17.6. The first kappa shape index (κ1) is 25.3. The van der Waals surface area contributed by atoms with Gasteiger partial charge in [0.25, 0.3) is 5.91 Å². The van der Waals surface area contributed by atoms with Gasteiger partial charge in [0.15, 0.2) is 23.0 Å². The Morgan fingerprint density at radius 2 is 1.83 bits per heavy atom. The molecule has 0 aromatic heterocycles. The number of fused-ring (bicyclic) bond motifs is 2. The van der Waals surface area contributed by atoms with Crippen molar-refractivity contribution < 1.29 is 28.5 Å². The van der Waals surface area contributed by atoms with Crippen molar-refractivity contribution in [3.8, 4) is 28.7 Å². The molecule has 1 unspecified atom stereocenters. The molecule has 3 aliphatic heterocycles.